The van der Waals surface area contributed by atoms with Crippen LogP contribution >= 0.6 is 0 Å². The maximum Gasteiger partial charge on any atom is 0.248 e. The lowest BCUT2D eigenvalue weighted by atomic mass is 9.95. The summed E-state index contributed by atoms with van der Waals surface area (Å²) in [6.07, 6.45) is 6.65. The van der Waals surface area contributed by atoms with Gasteiger partial charge >= 0.3 is 0 Å². The molecule has 3 N–H and O–H groups in total. The predicted octanol–water partition coefficient (Wildman–Crippen LogP) is 2.21. The average molecular weight is 232 g/mol. The molecule has 1 aromatic rings. The van der Waals surface area contributed by atoms with Crippen molar-refractivity contribution >= 4 is 5.91 Å². The van der Waals surface area contributed by atoms with Gasteiger partial charge in [-0.2, -0.15) is 0 Å². The van der Waals surface area contributed by atoms with E-state index in [2.05, 4.69) is 5.32 Å². The van der Waals surface area contributed by atoms with Crippen LogP contribution in [0.25, 0.3) is 0 Å². The van der Waals surface area contributed by atoms with E-state index < -0.39 is 0 Å². The molecule has 1 aliphatic carbocycles. The minimum Gasteiger partial charge on any atom is -0.366 e. The molecule has 0 bridgehead atoms. The highest BCUT2D eigenvalue weighted by Gasteiger charge is 2.12. The Balaban J connectivity index is 1.84. The molecule has 92 valence electrons. The molecule has 0 heterocycles. The summed E-state index contributed by atoms with van der Waals surface area (Å²) < 4.78 is 0. The van der Waals surface area contributed by atoms with Gasteiger partial charge in [-0.25, -0.2) is 0 Å². The Kier molecular flexibility index (Phi) is 4.15. The Hall–Kier alpha value is -1.35. The van der Waals surface area contributed by atoms with Crippen molar-refractivity contribution in [3.63, 3.8) is 0 Å². The predicted molar refractivity (Wildman–Crippen MR) is 68.7 cm³/mol. The number of primary amides is 1. The number of amides is 1. The van der Waals surface area contributed by atoms with Gasteiger partial charge in [-0.1, -0.05) is 31.4 Å². The van der Waals surface area contributed by atoms with E-state index in [4.69, 9.17) is 5.73 Å². The molecule has 0 spiro atoms. The Bertz CT molecular complexity index is 366. The van der Waals surface area contributed by atoms with E-state index in [1.807, 2.05) is 12.1 Å². The van der Waals surface area contributed by atoms with Gasteiger partial charge in [0.25, 0.3) is 0 Å². The van der Waals surface area contributed by atoms with Gasteiger partial charge in [0.1, 0.15) is 0 Å². The van der Waals surface area contributed by atoms with Crippen molar-refractivity contribution in [2.75, 3.05) is 0 Å². The summed E-state index contributed by atoms with van der Waals surface area (Å²) in [5.41, 5.74) is 6.98. The normalized spacial score (nSPS) is 16.9. The van der Waals surface area contributed by atoms with E-state index in [-0.39, 0.29) is 5.91 Å². The third-order valence-electron chi connectivity index (χ3n) is 3.44. The summed E-state index contributed by atoms with van der Waals surface area (Å²) in [6.45, 7) is 0.879. The summed E-state index contributed by atoms with van der Waals surface area (Å²) in [5, 5.41) is 3.57. The van der Waals surface area contributed by atoms with Crippen LogP contribution in [0.15, 0.2) is 24.3 Å². The first-order valence-electron chi connectivity index (χ1n) is 6.38. The van der Waals surface area contributed by atoms with Gasteiger partial charge in [-0.15, -0.1) is 0 Å². The Morgan fingerprint density at radius 2 is 1.82 bits per heavy atom. The van der Waals surface area contributed by atoms with Crippen molar-refractivity contribution in [1.82, 2.24) is 5.32 Å². The molecule has 3 nitrogen and oxygen atoms in total. The smallest absolute Gasteiger partial charge is 0.248 e. The van der Waals surface area contributed by atoms with Crippen molar-refractivity contribution in [3.8, 4) is 0 Å². The van der Waals surface area contributed by atoms with Crippen LogP contribution in [0.1, 0.15) is 48.0 Å². The molecule has 0 saturated heterocycles. The fourth-order valence-corrected chi connectivity index (χ4v) is 2.36. The van der Waals surface area contributed by atoms with Crippen molar-refractivity contribution in [1.29, 1.82) is 0 Å². The molecule has 1 aliphatic rings. The molecule has 1 saturated carbocycles. The fraction of sp³-hybridized carbons (Fsp3) is 0.500. The van der Waals surface area contributed by atoms with Crippen LogP contribution in [0.5, 0.6) is 0 Å². The van der Waals surface area contributed by atoms with Crippen LogP contribution in [0, 0.1) is 0 Å². The maximum atomic E-state index is 10.9. The molecular weight excluding hydrogens is 212 g/mol. The number of benzene rings is 1. The molecule has 1 aromatic carbocycles. The summed E-state index contributed by atoms with van der Waals surface area (Å²) >= 11 is 0. The van der Waals surface area contributed by atoms with E-state index >= 15 is 0 Å². The highest BCUT2D eigenvalue weighted by Crippen LogP contribution is 2.17. The molecule has 0 aliphatic heterocycles. The van der Waals surface area contributed by atoms with E-state index in [1.54, 1.807) is 12.1 Å². The van der Waals surface area contributed by atoms with Gasteiger partial charge in [0.15, 0.2) is 0 Å². The second-order valence-electron chi connectivity index (χ2n) is 4.78. The Labute approximate surface area is 102 Å². The second kappa shape index (κ2) is 5.82. The first kappa shape index (κ1) is 12.1. The standard InChI is InChI=1S/C14H20N2O/c15-14(17)12-8-6-11(7-9-12)10-16-13-4-2-1-3-5-13/h6-9,13,16H,1-5,10H2,(H2,15,17). The van der Waals surface area contributed by atoms with Gasteiger partial charge in [0, 0.05) is 18.2 Å². The van der Waals surface area contributed by atoms with Crippen molar-refractivity contribution in [2.24, 2.45) is 5.73 Å². The van der Waals surface area contributed by atoms with Crippen molar-refractivity contribution < 1.29 is 4.79 Å². The van der Waals surface area contributed by atoms with Crippen molar-refractivity contribution in [3.05, 3.63) is 35.4 Å². The third-order valence-corrected chi connectivity index (χ3v) is 3.44. The number of hydrogen-bond donors (Lipinski definition) is 2. The number of nitrogens with one attached hydrogen (secondary N) is 1. The molecular formula is C14H20N2O. The first-order chi connectivity index (χ1) is 8.25. The molecule has 17 heavy (non-hydrogen) atoms. The maximum absolute atomic E-state index is 10.9. The minimum atomic E-state index is -0.364. The highest BCUT2D eigenvalue weighted by molar-refractivity contribution is 5.92. The minimum absolute atomic E-state index is 0.364. The number of carbonyl (C=O) groups excluding carboxylic acids is 1. The van der Waals surface area contributed by atoms with Crippen LogP contribution in [0.2, 0.25) is 0 Å². The molecule has 1 amide bonds. The van der Waals surface area contributed by atoms with Gasteiger partial charge in [-0.3, -0.25) is 4.79 Å². The number of rotatable bonds is 4. The molecule has 0 atom stereocenters. The van der Waals surface area contributed by atoms with Gasteiger partial charge in [0.2, 0.25) is 5.91 Å². The molecule has 2 rings (SSSR count). The van der Waals surface area contributed by atoms with E-state index in [9.17, 15) is 4.79 Å². The molecule has 1 fully saturated rings. The first-order valence-corrected chi connectivity index (χ1v) is 6.38. The lowest BCUT2D eigenvalue weighted by molar-refractivity contribution is 0.100. The van der Waals surface area contributed by atoms with Crippen LogP contribution in [-0.4, -0.2) is 11.9 Å². The number of nitrogens with two attached hydrogens (primary N) is 1. The van der Waals surface area contributed by atoms with Crippen LogP contribution in [0.3, 0.4) is 0 Å². The molecule has 0 unspecified atom stereocenters. The van der Waals surface area contributed by atoms with E-state index in [1.165, 1.54) is 37.7 Å². The largest absolute Gasteiger partial charge is 0.366 e. The summed E-state index contributed by atoms with van der Waals surface area (Å²) in [6, 6.07) is 8.19. The Morgan fingerprint density at radius 3 is 2.41 bits per heavy atom. The SMILES string of the molecule is NC(=O)c1ccc(CNC2CCCCC2)cc1. The monoisotopic (exact) mass is 232 g/mol. The quantitative estimate of drug-likeness (QED) is 0.836. The zero-order chi connectivity index (χ0) is 12.1. The third kappa shape index (κ3) is 3.56. The van der Waals surface area contributed by atoms with Crippen molar-refractivity contribution in [2.45, 2.75) is 44.7 Å². The van der Waals surface area contributed by atoms with Gasteiger partial charge < -0.3 is 11.1 Å². The van der Waals surface area contributed by atoms with Crippen LogP contribution in [0.4, 0.5) is 0 Å². The van der Waals surface area contributed by atoms with Gasteiger partial charge in [0.05, 0.1) is 0 Å². The summed E-state index contributed by atoms with van der Waals surface area (Å²) in [4.78, 5) is 10.9. The number of carbonyl (C=O) groups is 1. The van der Waals surface area contributed by atoms with E-state index in [0.29, 0.717) is 11.6 Å². The topological polar surface area (TPSA) is 55.1 Å². The summed E-state index contributed by atoms with van der Waals surface area (Å²) in [7, 11) is 0. The van der Waals surface area contributed by atoms with Crippen LogP contribution in [-0.2, 0) is 6.54 Å². The Morgan fingerprint density at radius 1 is 1.18 bits per heavy atom. The lowest BCUT2D eigenvalue weighted by Crippen LogP contribution is -2.30. The molecule has 0 radical (unpaired) electrons. The molecule has 3 heteroatoms. The number of hydrogen-bond acceptors (Lipinski definition) is 2. The van der Waals surface area contributed by atoms with E-state index in [0.717, 1.165) is 6.54 Å². The average Bonchev–Trinajstić information content (AvgIpc) is 2.38. The zero-order valence-electron chi connectivity index (χ0n) is 10.1. The lowest BCUT2D eigenvalue weighted by Gasteiger charge is -2.22. The highest BCUT2D eigenvalue weighted by atomic mass is 16.1. The molecule has 0 aromatic heterocycles. The van der Waals surface area contributed by atoms with Gasteiger partial charge in [-0.05, 0) is 30.5 Å². The second-order valence-corrected chi connectivity index (χ2v) is 4.78. The fourth-order valence-electron chi connectivity index (χ4n) is 2.36. The zero-order valence-corrected chi connectivity index (χ0v) is 10.1. The summed E-state index contributed by atoms with van der Waals surface area (Å²) in [5.74, 6) is -0.364. The van der Waals surface area contributed by atoms with Crippen LogP contribution < -0.4 is 11.1 Å².